The van der Waals surface area contributed by atoms with Crippen molar-refractivity contribution in [2.24, 2.45) is 0 Å². The molecule has 1 nitrogen and oxygen atoms in total. The van der Waals surface area contributed by atoms with Crippen molar-refractivity contribution in [3.05, 3.63) is 35.1 Å². The Labute approximate surface area is 67.0 Å². The number of rotatable bonds is 2. The van der Waals surface area contributed by atoms with Gasteiger partial charge in [-0.05, 0) is 12.5 Å². The standard InChI is InChI=1S/C7H12OSi2/c1-6-2-3-7(4-6)5-10-8-9/h2-5H,10H2,1,9H3. The maximum absolute atomic E-state index is 5.18. The molecule has 0 aromatic rings. The Morgan fingerprint density at radius 1 is 1.60 bits per heavy atom. The van der Waals surface area contributed by atoms with Crippen molar-refractivity contribution in [1.29, 1.82) is 0 Å². The van der Waals surface area contributed by atoms with Gasteiger partial charge in [-0.2, -0.15) is 0 Å². The summed E-state index contributed by atoms with van der Waals surface area (Å²) in [6, 6.07) is 0. The van der Waals surface area contributed by atoms with Crippen LogP contribution in [0.25, 0.3) is 0 Å². The molecule has 0 saturated carbocycles. The van der Waals surface area contributed by atoms with Crippen molar-refractivity contribution in [1.82, 2.24) is 0 Å². The molecule has 1 aliphatic rings. The monoisotopic (exact) mass is 168 g/mol. The topological polar surface area (TPSA) is 9.23 Å². The first-order chi connectivity index (χ1) is 4.83. The molecule has 1 rings (SSSR count). The van der Waals surface area contributed by atoms with Crippen LogP contribution in [0.5, 0.6) is 0 Å². The van der Waals surface area contributed by atoms with Gasteiger partial charge in [0, 0.05) is 0 Å². The second-order valence-corrected chi connectivity index (χ2v) is 5.43. The van der Waals surface area contributed by atoms with E-state index >= 15 is 0 Å². The summed E-state index contributed by atoms with van der Waals surface area (Å²) in [6.45, 7) is 2.11. The van der Waals surface area contributed by atoms with E-state index in [0.29, 0.717) is 0 Å². The van der Waals surface area contributed by atoms with E-state index in [1.807, 2.05) is 0 Å². The van der Waals surface area contributed by atoms with Gasteiger partial charge in [0.2, 0.25) is 0 Å². The molecule has 0 spiro atoms. The molecule has 0 aromatic carbocycles. The zero-order valence-corrected chi connectivity index (χ0v) is 9.84. The number of hydrogen-bond acceptors (Lipinski definition) is 1. The van der Waals surface area contributed by atoms with Gasteiger partial charge in [0.1, 0.15) is 10.5 Å². The summed E-state index contributed by atoms with van der Waals surface area (Å²) in [4.78, 5) is 0. The van der Waals surface area contributed by atoms with E-state index in [2.05, 4.69) is 30.9 Å². The third kappa shape index (κ3) is 2.09. The molecule has 0 aromatic heterocycles. The summed E-state index contributed by atoms with van der Waals surface area (Å²) in [5.41, 5.74) is 4.91. The van der Waals surface area contributed by atoms with Gasteiger partial charge in [0.25, 0.3) is 0 Å². The predicted molar refractivity (Wildman–Crippen MR) is 50.5 cm³/mol. The Hall–Kier alpha value is -0.386. The second-order valence-electron chi connectivity index (χ2n) is 2.38. The van der Waals surface area contributed by atoms with Crippen LogP contribution in [-0.2, 0) is 4.12 Å². The van der Waals surface area contributed by atoms with Gasteiger partial charge in [0.05, 0.1) is 0 Å². The molecule has 10 heavy (non-hydrogen) atoms. The van der Waals surface area contributed by atoms with Crippen LogP contribution in [0, 0.1) is 0 Å². The lowest BCUT2D eigenvalue weighted by molar-refractivity contribution is 0.675. The quantitative estimate of drug-likeness (QED) is 0.518. The highest BCUT2D eigenvalue weighted by Gasteiger charge is 1.94. The van der Waals surface area contributed by atoms with Gasteiger partial charge in [-0.1, -0.05) is 29.5 Å². The van der Waals surface area contributed by atoms with E-state index in [9.17, 15) is 0 Å². The highest BCUT2D eigenvalue weighted by Crippen LogP contribution is 2.12. The van der Waals surface area contributed by atoms with Crippen LogP contribution in [0.3, 0.4) is 0 Å². The van der Waals surface area contributed by atoms with Crippen LogP contribution in [0.4, 0.5) is 0 Å². The second kappa shape index (κ2) is 3.70. The van der Waals surface area contributed by atoms with Gasteiger partial charge in [0.15, 0.2) is 9.76 Å². The Bertz CT molecular complexity index is 204. The zero-order chi connectivity index (χ0) is 7.40. The first-order valence-corrected chi connectivity index (χ1v) is 5.59. The Morgan fingerprint density at radius 2 is 2.40 bits per heavy atom. The average molecular weight is 168 g/mol. The molecule has 0 bridgehead atoms. The third-order valence-corrected chi connectivity index (χ3v) is 3.39. The van der Waals surface area contributed by atoms with Gasteiger partial charge in [-0.15, -0.1) is 0 Å². The van der Waals surface area contributed by atoms with Crippen LogP contribution in [0.15, 0.2) is 35.1 Å². The van der Waals surface area contributed by atoms with Gasteiger partial charge >= 0.3 is 0 Å². The molecule has 0 aliphatic heterocycles. The molecule has 0 amide bonds. The molecule has 0 N–H and O–H groups in total. The fourth-order valence-electron chi connectivity index (χ4n) is 0.893. The first kappa shape index (κ1) is 7.72. The molecular formula is C7H12OSi2. The average Bonchev–Trinajstić information content (AvgIpc) is 2.31. The van der Waals surface area contributed by atoms with E-state index in [-0.39, 0.29) is 9.76 Å². The minimum Gasteiger partial charge on any atom is -0.465 e. The molecule has 54 valence electrons. The first-order valence-electron chi connectivity index (χ1n) is 3.38. The van der Waals surface area contributed by atoms with E-state index in [1.165, 1.54) is 11.1 Å². The highest BCUT2D eigenvalue weighted by molar-refractivity contribution is 6.40. The van der Waals surface area contributed by atoms with Crippen LogP contribution in [-0.4, -0.2) is 20.2 Å². The molecule has 0 unspecified atom stereocenters. The van der Waals surface area contributed by atoms with E-state index in [1.54, 1.807) is 0 Å². The lowest BCUT2D eigenvalue weighted by Crippen LogP contribution is -1.89. The van der Waals surface area contributed by atoms with Crippen LogP contribution < -0.4 is 0 Å². The molecular weight excluding hydrogens is 156 g/mol. The van der Waals surface area contributed by atoms with E-state index < -0.39 is 0 Å². The minimum atomic E-state index is -0.327. The molecule has 0 atom stereocenters. The predicted octanol–water partition coefficient (Wildman–Crippen LogP) is -0.233. The fraction of sp³-hybridized carbons (Fsp3) is 0.143. The Balaban J connectivity index is 2.53. The van der Waals surface area contributed by atoms with Crippen molar-refractivity contribution in [2.45, 2.75) is 6.92 Å². The molecule has 0 fully saturated rings. The van der Waals surface area contributed by atoms with Gasteiger partial charge in [-0.3, -0.25) is 0 Å². The van der Waals surface area contributed by atoms with Crippen molar-refractivity contribution in [3.8, 4) is 0 Å². The number of allylic oxidation sites excluding steroid dienone is 5. The lowest BCUT2D eigenvalue weighted by Gasteiger charge is -1.89. The summed E-state index contributed by atoms with van der Waals surface area (Å²) >= 11 is 0. The van der Waals surface area contributed by atoms with E-state index in [0.717, 1.165) is 10.5 Å². The summed E-state index contributed by atoms with van der Waals surface area (Å²) in [5, 5.41) is 0. The summed E-state index contributed by atoms with van der Waals surface area (Å²) < 4.78 is 5.18. The van der Waals surface area contributed by atoms with Crippen molar-refractivity contribution in [2.75, 3.05) is 0 Å². The van der Waals surface area contributed by atoms with E-state index in [4.69, 9.17) is 4.12 Å². The smallest absolute Gasteiger partial charge is 0.171 e. The number of hydrogen-bond donors (Lipinski definition) is 0. The lowest BCUT2D eigenvalue weighted by atomic mass is 10.3. The molecule has 3 heteroatoms. The largest absolute Gasteiger partial charge is 0.465 e. The molecule has 0 heterocycles. The van der Waals surface area contributed by atoms with Crippen LogP contribution in [0.1, 0.15) is 6.92 Å². The van der Waals surface area contributed by atoms with Crippen LogP contribution in [0.2, 0.25) is 0 Å². The summed E-state index contributed by atoms with van der Waals surface area (Å²) in [7, 11) is 0.561. The van der Waals surface area contributed by atoms with Crippen molar-refractivity contribution < 1.29 is 4.12 Å². The maximum Gasteiger partial charge on any atom is 0.171 e. The Morgan fingerprint density at radius 3 is 2.90 bits per heavy atom. The summed E-state index contributed by atoms with van der Waals surface area (Å²) in [6.07, 6.45) is 6.46. The van der Waals surface area contributed by atoms with Crippen molar-refractivity contribution >= 4 is 20.2 Å². The Kier molecular flexibility index (Phi) is 2.86. The van der Waals surface area contributed by atoms with Crippen LogP contribution >= 0.6 is 0 Å². The third-order valence-electron chi connectivity index (χ3n) is 1.42. The van der Waals surface area contributed by atoms with Gasteiger partial charge in [-0.25, -0.2) is 0 Å². The van der Waals surface area contributed by atoms with Crippen molar-refractivity contribution in [3.63, 3.8) is 0 Å². The summed E-state index contributed by atoms with van der Waals surface area (Å²) in [5.74, 6) is 0. The maximum atomic E-state index is 5.18. The SMILES string of the molecule is CC1=CC(=C[SiH2]O[SiH3])C=C1. The highest BCUT2D eigenvalue weighted by atomic mass is 28.3. The zero-order valence-electron chi connectivity index (χ0n) is 6.42. The minimum absolute atomic E-state index is 0.327. The fourth-order valence-corrected chi connectivity index (χ4v) is 2.01. The van der Waals surface area contributed by atoms with Gasteiger partial charge < -0.3 is 4.12 Å². The normalized spacial score (nSPS) is 21.7. The molecule has 0 radical (unpaired) electrons. The molecule has 0 saturated heterocycles. The molecule has 1 aliphatic carbocycles.